The van der Waals surface area contributed by atoms with E-state index < -0.39 is 0 Å². The summed E-state index contributed by atoms with van der Waals surface area (Å²) in [7, 11) is 1.51. The molecule has 0 atom stereocenters. The summed E-state index contributed by atoms with van der Waals surface area (Å²) in [5.41, 5.74) is 3.40. The molecular weight excluding hydrogens is 493 g/mol. The van der Waals surface area contributed by atoms with Crippen molar-refractivity contribution in [2.24, 2.45) is 0 Å². The van der Waals surface area contributed by atoms with Crippen molar-refractivity contribution in [2.45, 2.75) is 20.1 Å². The van der Waals surface area contributed by atoms with Crippen LogP contribution in [-0.2, 0) is 17.9 Å². The molecule has 0 unspecified atom stereocenters. The van der Waals surface area contributed by atoms with Crippen molar-refractivity contribution in [1.82, 2.24) is 4.90 Å². The third-order valence-corrected chi connectivity index (χ3v) is 6.73. The van der Waals surface area contributed by atoms with E-state index in [1.54, 1.807) is 24.3 Å². The number of hydrogen-bond acceptors (Lipinski definition) is 5. The van der Waals surface area contributed by atoms with E-state index in [1.165, 1.54) is 12.0 Å². The highest BCUT2D eigenvalue weighted by atomic mass is 35.5. The SMILES string of the molecule is COc1cc(/C=C2\SC(=O)N(Cc3cccc(C)c3)C2=O)cc(Cl)c1OCc1ccccc1Cl. The number of imide groups is 1. The highest BCUT2D eigenvalue weighted by molar-refractivity contribution is 8.18. The van der Waals surface area contributed by atoms with E-state index in [0.29, 0.717) is 32.0 Å². The minimum atomic E-state index is -0.342. The second-order valence-electron chi connectivity index (χ2n) is 7.67. The fourth-order valence-electron chi connectivity index (χ4n) is 3.51. The summed E-state index contributed by atoms with van der Waals surface area (Å²) in [5, 5.41) is 0.600. The van der Waals surface area contributed by atoms with Gasteiger partial charge in [0.15, 0.2) is 11.5 Å². The predicted octanol–water partition coefficient (Wildman–Crippen LogP) is 7.13. The standard InChI is InChI=1S/C26H21Cl2NO4S/c1-16-6-5-7-17(10-16)14-29-25(30)23(34-26(29)31)13-18-11-21(28)24(22(12-18)32-2)33-15-19-8-3-4-9-20(19)27/h3-13H,14-15H2,1-2H3/b23-13-. The number of hydrogen-bond donors (Lipinski definition) is 0. The largest absolute Gasteiger partial charge is 0.493 e. The Morgan fingerprint density at radius 3 is 2.53 bits per heavy atom. The number of aryl methyl sites for hydroxylation is 1. The molecular formula is C26H21Cl2NO4S. The number of benzene rings is 3. The molecule has 0 saturated carbocycles. The Kier molecular flexibility index (Phi) is 7.51. The zero-order valence-electron chi connectivity index (χ0n) is 18.5. The summed E-state index contributed by atoms with van der Waals surface area (Å²) in [6, 6.07) is 18.5. The van der Waals surface area contributed by atoms with Gasteiger partial charge < -0.3 is 9.47 Å². The van der Waals surface area contributed by atoms with Gasteiger partial charge in [-0.1, -0.05) is 71.2 Å². The van der Waals surface area contributed by atoms with E-state index >= 15 is 0 Å². The van der Waals surface area contributed by atoms with Gasteiger partial charge in [-0.3, -0.25) is 14.5 Å². The lowest BCUT2D eigenvalue weighted by atomic mass is 10.1. The van der Waals surface area contributed by atoms with Crippen molar-refractivity contribution in [1.29, 1.82) is 0 Å². The smallest absolute Gasteiger partial charge is 0.293 e. The highest BCUT2D eigenvalue weighted by Crippen LogP contribution is 2.39. The lowest BCUT2D eigenvalue weighted by Gasteiger charge is -2.14. The summed E-state index contributed by atoms with van der Waals surface area (Å²) in [6.07, 6.45) is 1.63. The molecule has 3 aromatic carbocycles. The molecule has 3 aromatic rings. The van der Waals surface area contributed by atoms with Gasteiger partial charge in [0.1, 0.15) is 6.61 Å². The van der Waals surface area contributed by atoms with Crippen molar-refractivity contribution < 1.29 is 19.1 Å². The molecule has 5 nitrogen and oxygen atoms in total. The van der Waals surface area contributed by atoms with E-state index in [2.05, 4.69) is 0 Å². The summed E-state index contributed by atoms with van der Waals surface area (Å²) >= 11 is 13.6. The van der Waals surface area contributed by atoms with E-state index in [9.17, 15) is 9.59 Å². The summed E-state index contributed by atoms with van der Waals surface area (Å²) < 4.78 is 11.4. The molecule has 34 heavy (non-hydrogen) atoms. The number of carbonyl (C=O) groups excluding carboxylic acids is 2. The zero-order chi connectivity index (χ0) is 24.2. The highest BCUT2D eigenvalue weighted by Gasteiger charge is 2.35. The molecule has 1 heterocycles. The van der Waals surface area contributed by atoms with Crippen LogP contribution in [0.15, 0.2) is 65.6 Å². The van der Waals surface area contributed by atoms with Gasteiger partial charge in [-0.25, -0.2) is 0 Å². The maximum Gasteiger partial charge on any atom is 0.293 e. The third-order valence-electron chi connectivity index (χ3n) is 5.18. The van der Waals surface area contributed by atoms with Crippen LogP contribution in [0.5, 0.6) is 11.5 Å². The van der Waals surface area contributed by atoms with E-state index in [0.717, 1.165) is 28.5 Å². The van der Waals surface area contributed by atoms with Gasteiger partial charge >= 0.3 is 0 Å². The first-order chi connectivity index (χ1) is 16.4. The Morgan fingerprint density at radius 2 is 1.79 bits per heavy atom. The molecule has 2 amide bonds. The number of thioether (sulfide) groups is 1. The van der Waals surface area contributed by atoms with Gasteiger partial charge in [0.2, 0.25) is 0 Å². The Hall–Kier alpha value is -2.93. The van der Waals surface area contributed by atoms with Gasteiger partial charge in [-0.15, -0.1) is 0 Å². The van der Waals surface area contributed by atoms with Crippen molar-refractivity contribution in [3.8, 4) is 11.5 Å². The Balaban J connectivity index is 1.54. The first kappa shape index (κ1) is 24.2. The number of methoxy groups -OCH3 is 1. The lowest BCUT2D eigenvalue weighted by molar-refractivity contribution is -0.123. The molecule has 1 saturated heterocycles. The van der Waals surface area contributed by atoms with Crippen LogP contribution in [0.4, 0.5) is 4.79 Å². The van der Waals surface area contributed by atoms with Crippen molar-refractivity contribution in [3.63, 3.8) is 0 Å². The molecule has 174 valence electrons. The zero-order valence-corrected chi connectivity index (χ0v) is 20.8. The molecule has 0 aliphatic carbocycles. The minimum Gasteiger partial charge on any atom is -0.493 e. The van der Waals surface area contributed by atoms with Gasteiger partial charge in [-0.2, -0.15) is 0 Å². The minimum absolute atomic E-state index is 0.215. The number of amides is 2. The fraction of sp³-hybridized carbons (Fsp3) is 0.154. The molecule has 4 rings (SSSR count). The van der Waals surface area contributed by atoms with Crippen molar-refractivity contribution >= 4 is 52.2 Å². The number of rotatable bonds is 7. The summed E-state index contributed by atoms with van der Waals surface area (Å²) in [5.74, 6) is 0.434. The third kappa shape index (κ3) is 5.41. The molecule has 1 fully saturated rings. The quantitative estimate of drug-likeness (QED) is 0.314. The molecule has 0 spiro atoms. The monoisotopic (exact) mass is 513 g/mol. The second-order valence-corrected chi connectivity index (χ2v) is 9.48. The first-order valence-corrected chi connectivity index (χ1v) is 12.0. The molecule has 0 aromatic heterocycles. The van der Waals surface area contributed by atoms with Gasteiger partial charge in [0.25, 0.3) is 11.1 Å². The van der Waals surface area contributed by atoms with E-state index in [1.807, 2.05) is 49.4 Å². The number of ether oxygens (including phenoxy) is 2. The van der Waals surface area contributed by atoms with Crippen molar-refractivity contribution in [2.75, 3.05) is 7.11 Å². The normalized spacial score (nSPS) is 14.7. The Bertz CT molecular complexity index is 1290. The number of nitrogens with zero attached hydrogens (tertiary/aromatic N) is 1. The molecule has 1 aliphatic rings. The maximum atomic E-state index is 12.9. The van der Waals surface area contributed by atoms with Crippen LogP contribution < -0.4 is 9.47 Å². The maximum absolute atomic E-state index is 12.9. The van der Waals surface area contributed by atoms with Gasteiger partial charge in [-0.05, 0) is 54.1 Å². The number of carbonyl (C=O) groups is 2. The molecule has 0 radical (unpaired) electrons. The Morgan fingerprint density at radius 1 is 1.00 bits per heavy atom. The lowest BCUT2D eigenvalue weighted by Crippen LogP contribution is -2.27. The molecule has 8 heteroatoms. The average Bonchev–Trinajstić information content (AvgIpc) is 3.06. The topological polar surface area (TPSA) is 55.8 Å². The van der Waals surface area contributed by atoms with Crippen LogP contribution in [0.25, 0.3) is 6.08 Å². The van der Waals surface area contributed by atoms with Crippen molar-refractivity contribution in [3.05, 3.63) is 97.9 Å². The fourth-order valence-corrected chi connectivity index (χ4v) is 4.81. The summed E-state index contributed by atoms with van der Waals surface area (Å²) in [6.45, 7) is 2.41. The molecule has 0 N–H and O–H groups in total. The van der Waals surface area contributed by atoms with Crippen LogP contribution in [0.2, 0.25) is 10.0 Å². The van der Waals surface area contributed by atoms with Gasteiger partial charge in [0.05, 0.1) is 23.6 Å². The number of halogens is 2. The summed E-state index contributed by atoms with van der Waals surface area (Å²) in [4.78, 5) is 27.0. The van der Waals surface area contributed by atoms with Crippen LogP contribution in [0.1, 0.15) is 22.3 Å². The van der Waals surface area contributed by atoms with E-state index in [-0.39, 0.29) is 24.3 Å². The molecule has 0 bridgehead atoms. The Labute approximate surface area is 212 Å². The van der Waals surface area contributed by atoms with Gasteiger partial charge in [0, 0.05) is 10.6 Å². The predicted molar refractivity (Wildman–Crippen MR) is 136 cm³/mol. The van der Waals surface area contributed by atoms with Crippen LogP contribution in [0, 0.1) is 6.92 Å². The second kappa shape index (κ2) is 10.6. The molecule has 1 aliphatic heterocycles. The van der Waals surface area contributed by atoms with E-state index in [4.69, 9.17) is 32.7 Å². The van der Waals surface area contributed by atoms with Crippen LogP contribution in [0.3, 0.4) is 0 Å². The van der Waals surface area contributed by atoms with Crippen LogP contribution >= 0.6 is 35.0 Å². The van der Waals surface area contributed by atoms with Crippen LogP contribution in [-0.4, -0.2) is 23.2 Å². The first-order valence-electron chi connectivity index (χ1n) is 10.4. The average molecular weight is 514 g/mol.